The Morgan fingerprint density at radius 3 is 1.57 bits per heavy atom. The van der Waals surface area contributed by atoms with Gasteiger partial charge in [0.2, 0.25) is 5.91 Å². The zero-order chi connectivity index (χ0) is 25.9. The van der Waals surface area contributed by atoms with Crippen LogP contribution in [-0.2, 0) is 32.3 Å². The van der Waals surface area contributed by atoms with Crippen molar-refractivity contribution in [2.24, 2.45) is 5.73 Å². The molecule has 2 atom stereocenters. The summed E-state index contributed by atoms with van der Waals surface area (Å²) in [5, 5.41) is 8.97. The first-order valence-electron chi connectivity index (χ1n) is 11.8. The molecule has 0 radical (unpaired) electrons. The van der Waals surface area contributed by atoms with E-state index in [-0.39, 0.29) is 20.6 Å². The molecule has 2 aliphatic rings. The number of hydrogen-bond donors (Lipinski definition) is 2. The van der Waals surface area contributed by atoms with Crippen LogP contribution in [0.1, 0.15) is 44.2 Å². The fraction of sp³-hybridized carbons (Fsp3) is 0.407. The van der Waals surface area contributed by atoms with E-state index in [1.165, 1.54) is 9.80 Å². The SMILES string of the molecule is C.NC(=O)[C@@H]1CCCN1C(=O)OCc1ccccc1.O=C(O)[C@@H]1CCCN1C(=O)OCc1ccccc1. The second-order valence-electron chi connectivity index (χ2n) is 8.52. The third-order valence-corrected chi connectivity index (χ3v) is 6.00. The number of primary amides is 1. The molecule has 4 rings (SSSR count). The third kappa shape index (κ3) is 8.52. The van der Waals surface area contributed by atoms with E-state index >= 15 is 0 Å². The lowest BCUT2D eigenvalue weighted by atomic mass is 10.2. The largest absolute Gasteiger partial charge is 0.480 e. The number of amides is 3. The molecule has 2 aromatic carbocycles. The van der Waals surface area contributed by atoms with E-state index in [9.17, 15) is 19.2 Å². The molecule has 3 amide bonds. The third-order valence-electron chi connectivity index (χ3n) is 6.00. The van der Waals surface area contributed by atoms with Crippen LogP contribution in [0.2, 0.25) is 0 Å². The number of rotatable bonds is 6. The Labute approximate surface area is 216 Å². The van der Waals surface area contributed by atoms with Crippen molar-refractivity contribution >= 4 is 24.1 Å². The molecule has 200 valence electrons. The van der Waals surface area contributed by atoms with Crippen LogP contribution in [0.15, 0.2) is 60.7 Å². The van der Waals surface area contributed by atoms with Gasteiger partial charge in [0.05, 0.1) is 0 Å². The quantitative estimate of drug-likeness (QED) is 0.599. The Morgan fingerprint density at radius 1 is 0.757 bits per heavy atom. The molecule has 0 unspecified atom stereocenters. The molecule has 0 spiro atoms. The van der Waals surface area contributed by atoms with E-state index in [0.717, 1.165) is 17.5 Å². The smallest absolute Gasteiger partial charge is 0.410 e. The molecule has 37 heavy (non-hydrogen) atoms. The Hall–Kier alpha value is -4.08. The first kappa shape index (κ1) is 29.2. The number of nitrogens with two attached hydrogens (primary N) is 1. The van der Waals surface area contributed by atoms with Gasteiger partial charge in [-0.3, -0.25) is 14.6 Å². The Bertz CT molecular complexity index is 949. The summed E-state index contributed by atoms with van der Waals surface area (Å²) in [4.78, 5) is 48.4. The number of carbonyl (C=O) groups excluding carboxylic acids is 3. The maximum absolute atomic E-state index is 11.8. The maximum atomic E-state index is 11.8. The van der Waals surface area contributed by atoms with E-state index in [2.05, 4.69) is 0 Å². The normalized spacial score (nSPS) is 18.2. The first-order valence-corrected chi connectivity index (χ1v) is 11.8. The van der Waals surface area contributed by atoms with Crippen LogP contribution in [-0.4, -0.2) is 64.1 Å². The molecule has 0 bridgehead atoms. The molecule has 0 saturated carbocycles. The lowest BCUT2D eigenvalue weighted by Gasteiger charge is -2.21. The van der Waals surface area contributed by atoms with Crippen molar-refractivity contribution < 1.29 is 33.8 Å². The van der Waals surface area contributed by atoms with Crippen LogP contribution in [0.4, 0.5) is 9.59 Å². The summed E-state index contributed by atoms with van der Waals surface area (Å²) in [6.07, 6.45) is 1.58. The van der Waals surface area contributed by atoms with Crippen molar-refractivity contribution in [2.75, 3.05) is 13.1 Å². The molecule has 0 aliphatic carbocycles. The van der Waals surface area contributed by atoms with E-state index in [4.69, 9.17) is 20.3 Å². The highest BCUT2D eigenvalue weighted by Gasteiger charge is 2.35. The van der Waals surface area contributed by atoms with Crippen LogP contribution in [0.5, 0.6) is 0 Å². The predicted octanol–water partition coefficient (Wildman–Crippen LogP) is 3.78. The number of carbonyl (C=O) groups is 4. The van der Waals surface area contributed by atoms with Gasteiger partial charge < -0.3 is 20.3 Å². The first-order chi connectivity index (χ1) is 17.4. The Kier molecular flexibility index (Phi) is 11.4. The monoisotopic (exact) mass is 513 g/mol. The molecule has 10 nitrogen and oxygen atoms in total. The number of hydrogen-bond acceptors (Lipinski definition) is 6. The van der Waals surface area contributed by atoms with Crippen molar-refractivity contribution in [1.82, 2.24) is 9.80 Å². The van der Waals surface area contributed by atoms with Crippen LogP contribution < -0.4 is 5.73 Å². The van der Waals surface area contributed by atoms with Gasteiger partial charge in [-0.1, -0.05) is 68.1 Å². The van der Waals surface area contributed by atoms with Crippen molar-refractivity contribution in [3.8, 4) is 0 Å². The minimum atomic E-state index is -0.968. The molecule has 2 aliphatic heterocycles. The minimum absolute atomic E-state index is 0. The molecule has 0 aromatic heterocycles. The zero-order valence-corrected chi connectivity index (χ0v) is 20.0. The maximum Gasteiger partial charge on any atom is 0.410 e. The van der Waals surface area contributed by atoms with Gasteiger partial charge >= 0.3 is 18.2 Å². The van der Waals surface area contributed by atoms with Gasteiger partial charge in [0.25, 0.3) is 0 Å². The van der Waals surface area contributed by atoms with Crippen LogP contribution in [0.3, 0.4) is 0 Å². The van der Waals surface area contributed by atoms with Gasteiger partial charge in [0, 0.05) is 13.1 Å². The Morgan fingerprint density at radius 2 is 1.16 bits per heavy atom. The van der Waals surface area contributed by atoms with Crippen molar-refractivity contribution in [3.05, 3.63) is 71.8 Å². The summed E-state index contributed by atoms with van der Waals surface area (Å²) < 4.78 is 10.3. The van der Waals surface area contributed by atoms with E-state index < -0.39 is 36.1 Å². The van der Waals surface area contributed by atoms with E-state index in [1.54, 1.807) is 0 Å². The second kappa shape index (κ2) is 14.5. The topological polar surface area (TPSA) is 139 Å². The highest BCUT2D eigenvalue weighted by molar-refractivity contribution is 5.84. The zero-order valence-electron chi connectivity index (χ0n) is 20.0. The van der Waals surface area contributed by atoms with Crippen LogP contribution >= 0.6 is 0 Å². The number of carboxylic acids is 1. The second-order valence-corrected chi connectivity index (χ2v) is 8.52. The molecular formula is C27H35N3O7. The summed E-state index contributed by atoms with van der Waals surface area (Å²) >= 11 is 0. The van der Waals surface area contributed by atoms with Crippen molar-refractivity contribution in [2.45, 2.75) is 58.4 Å². The molecule has 3 N–H and O–H groups in total. The average molecular weight is 514 g/mol. The van der Waals surface area contributed by atoms with E-state index in [1.807, 2.05) is 60.7 Å². The molecule has 2 saturated heterocycles. The fourth-order valence-electron chi connectivity index (χ4n) is 4.13. The fourth-order valence-corrected chi connectivity index (χ4v) is 4.13. The summed E-state index contributed by atoms with van der Waals surface area (Å²) in [5.74, 6) is -1.44. The van der Waals surface area contributed by atoms with Gasteiger partial charge in [-0.25, -0.2) is 14.4 Å². The van der Waals surface area contributed by atoms with Gasteiger partial charge in [-0.15, -0.1) is 0 Å². The lowest BCUT2D eigenvalue weighted by molar-refractivity contribution is -0.141. The van der Waals surface area contributed by atoms with Crippen LogP contribution in [0.25, 0.3) is 0 Å². The molecule has 2 fully saturated rings. The highest BCUT2D eigenvalue weighted by Crippen LogP contribution is 2.19. The van der Waals surface area contributed by atoms with Crippen LogP contribution in [0, 0.1) is 0 Å². The number of ether oxygens (including phenoxy) is 2. The van der Waals surface area contributed by atoms with Gasteiger partial charge in [-0.05, 0) is 36.8 Å². The number of carboxylic acid groups (broad SMARTS) is 1. The van der Waals surface area contributed by atoms with Gasteiger partial charge in [0.15, 0.2) is 0 Å². The number of aliphatic carboxylic acids is 1. The van der Waals surface area contributed by atoms with Gasteiger partial charge in [0.1, 0.15) is 25.3 Å². The summed E-state index contributed by atoms with van der Waals surface area (Å²) in [7, 11) is 0. The standard InChI is InChI=1S/C13H16N2O3.C13H15NO4.CH4/c14-12(16)11-7-4-8-15(11)13(17)18-9-10-5-2-1-3-6-10;15-12(16)11-7-4-8-14(11)13(17)18-9-10-5-2-1-3-6-10;/h1-3,5-6,11H,4,7-9H2,(H2,14,16);1-3,5-6,11H,4,7-9H2,(H,15,16);1H4/t2*11-;/m00./s1. The molecule has 10 heteroatoms. The lowest BCUT2D eigenvalue weighted by Crippen LogP contribution is -2.43. The van der Waals surface area contributed by atoms with Crippen molar-refractivity contribution in [1.29, 1.82) is 0 Å². The number of likely N-dealkylation sites (tertiary alicyclic amines) is 2. The summed E-state index contributed by atoms with van der Waals surface area (Å²) in [5.41, 5.74) is 7.05. The number of benzene rings is 2. The predicted molar refractivity (Wildman–Crippen MR) is 136 cm³/mol. The Balaban J connectivity index is 0.000000253. The van der Waals surface area contributed by atoms with Crippen molar-refractivity contribution in [3.63, 3.8) is 0 Å². The van der Waals surface area contributed by atoms with Gasteiger partial charge in [-0.2, -0.15) is 0 Å². The minimum Gasteiger partial charge on any atom is -0.480 e. The summed E-state index contributed by atoms with van der Waals surface area (Å²) in [6.45, 7) is 1.36. The molecule has 2 heterocycles. The number of nitrogens with zero attached hydrogens (tertiary/aromatic N) is 2. The molecule has 2 aromatic rings. The highest BCUT2D eigenvalue weighted by atomic mass is 16.6. The summed E-state index contributed by atoms with van der Waals surface area (Å²) in [6, 6.07) is 17.5. The van der Waals surface area contributed by atoms with E-state index in [0.29, 0.717) is 32.4 Å². The molecular weight excluding hydrogens is 478 g/mol. The average Bonchev–Trinajstić information content (AvgIpc) is 3.58.